The van der Waals surface area contributed by atoms with E-state index in [1.807, 2.05) is 0 Å². The molecule has 33 heavy (non-hydrogen) atoms. The zero-order chi connectivity index (χ0) is 23.3. The van der Waals surface area contributed by atoms with Crippen LogP contribution in [0.15, 0.2) is 97.1 Å². The highest BCUT2D eigenvalue weighted by atomic mass is 16.5. The minimum Gasteiger partial charge on any atom is -0.380 e. The average molecular weight is 437 g/mol. The van der Waals surface area contributed by atoms with E-state index >= 15 is 0 Å². The van der Waals surface area contributed by atoms with Crippen LogP contribution in [0.5, 0.6) is 0 Å². The van der Waals surface area contributed by atoms with Gasteiger partial charge in [0.1, 0.15) is 0 Å². The molecule has 0 bridgehead atoms. The Kier molecular flexibility index (Phi) is 7.08. The van der Waals surface area contributed by atoms with Gasteiger partial charge >= 0.3 is 0 Å². The Morgan fingerprint density at radius 1 is 0.515 bits per heavy atom. The first-order valence-electron chi connectivity index (χ1n) is 11.4. The van der Waals surface area contributed by atoms with Gasteiger partial charge < -0.3 is 9.47 Å². The predicted octanol–water partition coefficient (Wildman–Crippen LogP) is 6.98. The number of benzene rings is 4. The first-order chi connectivity index (χ1) is 16.1. The average Bonchev–Trinajstić information content (AvgIpc) is 2.84. The lowest BCUT2D eigenvalue weighted by atomic mass is 9.64. The molecular formula is C31H32O2. The van der Waals surface area contributed by atoms with E-state index in [0.717, 1.165) is 0 Å². The van der Waals surface area contributed by atoms with E-state index in [1.54, 1.807) is 14.2 Å². The topological polar surface area (TPSA) is 18.5 Å². The molecule has 0 saturated heterocycles. The van der Waals surface area contributed by atoms with Crippen molar-refractivity contribution < 1.29 is 9.47 Å². The fraction of sp³-hybridized carbons (Fsp3) is 0.226. The molecule has 0 radical (unpaired) electrons. The minimum absolute atomic E-state index is 0.449. The van der Waals surface area contributed by atoms with Gasteiger partial charge in [0.15, 0.2) is 0 Å². The summed E-state index contributed by atoms with van der Waals surface area (Å²) < 4.78 is 10.9. The van der Waals surface area contributed by atoms with Gasteiger partial charge in [0, 0.05) is 14.2 Å². The van der Waals surface area contributed by atoms with Crippen LogP contribution in [0, 0.1) is 13.8 Å². The summed E-state index contributed by atoms with van der Waals surface area (Å²) in [6.45, 7) is 5.57. The summed E-state index contributed by atoms with van der Waals surface area (Å²) >= 11 is 0. The van der Waals surface area contributed by atoms with Crippen molar-refractivity contribution in [3.8, 4) is 0 Å². The van der Waals surface area contributed by atoms with Gasteiger partial charge in [-0.25, -0.2) is 0 Å². The molecule has 0 fully saturated rings. The van der Waals surface area contributed by atoms with Crippen LogP contribution in [0.1, 0.15) is 44.5 Å². The van der Waals surface area contributed by atoms with E-state index in [0.29, 0.717) is 13.2 Å². The zero-order valence-corrected chi connectivity index (χ0v) is 20.0. The first-order valence-corrected chi connectivity index (χ1v) is 11.4. The summed E-state index contributed by atoms with van der Waals surface area (Å²) in [6, 6.07) is 35.2. The van der Waals surface area contributed by atoms with Crippen LogP contribution in [0.4, 0.5) is 0 Å². The third-order valence-corrected chi connectivity index (χ3v) is 6.56. The Morgan fingerprint density at radius 3 is 1.24 bits per heavy atom. The Labute approximate surface area is 197 Å². The molecular weight excluding hydrogens is 404 g/mol. The number of hydrogen-bond donors (Lipinski definition) is 0. The molecule has 0 heterocycles. The SMILES string of the molecule is COCc1ccc(C(c2ccccc2)(c2ccccc2)c2ccc(COC)c(C)c2)cc1C. The van der Waals surface area contributed by atoms with Crippen molar-refractivity contribution in [2.75, 3.05) is 14.2 Å². The van der Waals surface area contributed by atoms with Crippen LogP contribution < -0.4 is 0 Å². The van der Waals surface area contributed by atoms with Crippen molar-refractivity contribution in [2.24, 2.45) is 0 Å². The van der Waals surface area contributed by atoms with Gasteiger partial charge in [0.2, 0.25) is 0 Å². The second kappa shape index (κ2) is 10.2. The van der Waals surface area contributed by atoms with Crippen molar-refractivity contribution in [3.05, 3.63) is 142 Å². The first kappa shape index (κ1) is 23.0. The molecule has 4 aromatic rings. The van der Waals surface area contributed by atoms with Gasteiger partial charge in [-0.05, 0) is 58.4 Å². The number of ether oxygens (including phenoxy) is 2. The van der Waals surface area contributed by atoms with Crippen molar-refractivity contribution in [1.29, 1.82) is 0 Å². The van der Waals surface area contributed by atoms with Crippen molar-refractivity contribution in [2.45, 2.75) is 32.5 Å². The summed E-state index contributed by atoms with van der Waals surface area (Å²) in [5.74, 6) is 0. The fourth-order valence-corrected chi connectivity index (χ4v) is 4.87. The third kappa shape index (κ3) is 4.37. The van der Waals surface area contributed by atoms with Gasteiger partial charge in [-0.2, -0.15) is 0 Å². The summed E-state index contributed by atoms with van der Waals surface area (Å²) in [5.41, 5.74) is 9.42. The second-order valence-corrected chi connectivity index (χ2v) is 8.63. The molecule has 4 rings (SSSR count). The van der Waals surface area contributed by atoms with Crippen molar-refractivity contribution in [1.82, 2.24) is 0 Å². The highest BCUT2D eigenvalue weighted by Gasteiger charge is 2.38. The molecule has 0 atom stereocenters. The van der Waals surface area contributed by atoms with Crippen LogP contribution in [0.2, 0.25) is 0 Å². The lowest BCUT2D eigenvalue weighted by Crippen LogP contribution is -2.31. The van der Waals surface area contributed by atoms with Crippen LogP contribution in [-0.4, -0.2) is 14.2 Å². The summed E-state index contributed by atoms with van der Waals surface area (Å²) in [6.07, 6.45) is 0. The molecule has 0 aromatic heterocycles. The van der Waals surface area contributed by atoms with E-state index in [1.165, 1.54) is 44.5 Å². The molecule has 0 aliphatic carbocycles. The largest absolute Gasteiger partial charge is 0.380 e. The van der Waals surface area contributed by atoms with Gasteiger partial charge in [-0.1, -0.05) is 97.1 Å². The van der Waals surface area contributed by atoms with E-state index in [4.69, 9.17) is 9.47 Å². The highest BCUT2D eigenvalue weighted by Crippen LogP contribution is 2.46. The van der Waals surface area contributed by atoms with Crippen LogP contribution in [-0.2, 0) is 28.1 Å². The van der Waals surface area contributed by atoms with Gasteiger partial charge in [-0.3, -0.25) is 0 Å². The zero-order valence-electron chi connectivity index (χ0n) is 20.0. The lowest BCUT2D eigenvalue weighted by Gasteiger charge is -2.37. The normalized spacial score (nSPS) is 11.5. The fourth-order valence-electron chi connectivity index (χ4n) is 4.87. The molecule has 0 unspecified atom stereocenters. The Balaban J connectivity index is 2.07. The second-order valence-electron chi connectivity index (χ2n) is 8.63. The number of aryl methyl sites for hydroxylation is 2. The molecule has 0 saturated carbocycles. The monoisotopic (exact) mass is 436 g/mol. The predicted molar refractivity (Wildman–Crippen MR) is 136 cm³/mol. The molecule has 2 nitrogen and oxygen atoms in total. The molecule has 0 spiro atoms. The third-order valence-electron chi connectivity index (χ3n) is 6.56. The van der Waals surface area contributed by atoms with Gasteiger partial charge in [-0.15, -0.1) is 0 Å². The Hall–Kier alpha value is -3.20. The number of rotatable bonds is 8. The van der Waals surface area contributed by atoms with Gasteiger partial charge in [0.05, 0.1) is 18.6 Å². The maximum atomic E-state index is 5.43. The Bertz CT molecular complexity index is 1100. The molecule has 0 amide bonds. The quantitative estimate of drug-likeness (QED) is 0.277. The molecule has 0 aliphatic heterocycles. The molecule has 0 N–H and O–H groups in total. The van der Waals surface area contributed by atoms with E-state index < -0.39 is 5.41 Å². The van der Waals surface area contributed by atoms with E-state index in [2.05, 4.69) is 111 Å². The molecule has 2 heteroatoms. The highest BCUT2D eigenvalue weighted by molar-refractivity contribution is 5.61. The molecule has 168 valence electrons. The van der Waals surface area contributed by atoms with Gasteiger partial charge in [0.25, 0.3) is 0 Å². The number of hydrogen-bond acceptors (Lipinski definition) is 2. The molecule has 0 aliphatic rings. The Morgan fingerprint density at radius 2 is 0.909 bits per heavy atom. The minimum atomic E-state index is -0.449. The number of methoxy groups -OCH3 is 2. The van der Waals surface area contributed by atoms with Crippen LogP contribution >= 0.6 is 0 Å². The lowest BCUT2D eigenvalue weighted by molar-refractivity contribution is 0.184. The maximum Gasteiger partial charge on any atom is 0.0715 e. The molecule has 4 aromatic carbocycles. The summed E-state index contributed by atoms with van der Waals surface area (Å²) in [5, 5.41) is 0. The van der Waals surface area contributed by atoms with Crippen LogP contribution in [0.3, 0.4) is 0 Å². The van der Waals surface area contributed by atoms with E-state index in [9.17, 15) is 0 Å². The maximum absolute atomic E-state index is 5.43. The van der Waals surface area contributed by atoms with Crippen molar-refractivity contribution >= 4 is 0 Å². The van der Waals surface area contributed by atoms with E-state index in [-0.39, 0.29) is 0 Å². The smallest absolute Gasteiger partial charge is 0.0715 e. The standard InChI is InChI=1S/C31H32O2/c1-23-19-29(17-15-25(23)21-32-3)31(27-11-7-5-8-12-27,28-13-9-6-10-14-28)30-18-16-26(22-33-4)24(2)20-30/h5-20H,21-22H2,1-4H3. The van der Waals surface area contributed by atoms with Crippen molar-refractivity contribution in [3.63, 3.8) is 0 Å². The van der Waals surface area contributed by atoms with Crippen LogP contribution in [0.25, 0.3) is 0 Å². The summed E-state index contributed by atoms with van der Waals surface area (Å²) in [7, 11) is 3.49. The summed E-state index contributed by atoms with van der Waals surface area (Å²) in [4.78, 5) is 0.